The SMILES string of the molecule is CC(C)S(=O)(=O)O.CC1CO1. The van der Waals surface area contributed by atoms with E-state index < -0.39 is 15.4 Å². The first kappa shape index (κ1) is 10.9. The summed E-state index contributed by atoms with van der Waals surface area (Å²) >= 11 is 0. The zero-order valence-electron chi connectivity index (χ0n) is 6.94. The molecule has 11 heavy (non-hydrogen) atoms. The molecule has 1 fully saturated rings. The zero-order chi connectivity index (χ0) is 9.07. The van der Waals surface area contributed by atoms with Crippen molar-refractivity contribution in [3.8, 4) is 0 Å². The van der Waals surface area contributed by atoms with Crippen molar-refractivity contribution in [1.82, 2.24) is 0 Å². The third-order valence-corrected chi connectivity index (χ3v) is 2.29. The summed E-state index contributed by atoms with van der Waals surface area (Å²) in [4.78, 5) is 0. The van der Waals surface area contributed by atoms with Gasteiger partial charge >= 0.3 is 0 Å². The van der Waals surface area contributed by atoms with Gasteiger partial charge in [-0.15, -0.1) is 0 Å². The molecule has 1 heterocycles. The minimum atomic E-state index is -3.74. The van der Waals surface area contributed by atoms with E-state index in [4.69, 9.17) is 9.29 Å². The number of hydrogen-bond acceptors (Lipinski definition) is 3. The summed E-state index contributed by atoms with van der Waals surface area (Å²) in [5.74, 6) is 0. The quantitative estimate of drug-likeness (QED) is 0.478. The lowest BCUT2D eigenvalue weighted by Crippen LogP contribution is -2.10. The van der Waals surface area contributed by atoms with E-state index in [9.17, 15) is 8.42 Å². The van der Waals surface area contributed by atoms with Gasteiger partial charge < -0.3 is 4.74 Å². The van der Waals surface area contributed by atoms with Crippen LogP contribution in [0.15, 0.2) is 0 Å². The third kappa shape index (κ3) is 7.77. The van der Waals surface area contributed by atoms with Gasteiger partial charge in [0, 0.05) is 0 Å². The Labute approximate surface area is 67.3 Å². The van der Waals surface area contributed by atoms with Crippen LogP contribution in [-0.2, 0) is 14.9 Å². The molecule has 0 aromatic carbocycles. The summed E-state index contributed by atoms with van der Waals surface area (Å²) in [6.45, 7) is 5.87. The Morgan fingerprint density at radius 3 is 1.73 bits per heavy atom. The zero-order valence-corrected chi connectivity index (χ0v) is 7.76. The minimum absolute atomic E-state index is 0.583. The van der Waals surface area contributed by atoms with Crippen molar-refractivity contribution in [2.75, 3.05) is 6.61 Å². The second-order valence-electron chi connectivity index (χ2n) is 2.71. The molecule has 0 bridgehead atoms. The average Bonchev–Trinajstić information content (AvgIpc) is 2.49. The fourth-order valence-electron chi connectivity index (χ4n) is 0.0962. The Bertz CT molecular complexity index is 191. The first-order valence-corrected chi connectivity index (χ1v) is 4.92. The van der Waals surface area contributed by atoms with Crippen molar-refractivity contribution in [3.63, 3.8) is 0 Å². The highest BCUT2D eigenvalue weighted by Crippen LogP contribution is 2.04. The Morgan fingerprint density at radius 2 is 1.73 bits per heavy atom. The molecule has 1 aliphatic rings. The Kier molecular flexibility index (Phi) is 3.99. The van der Waals surface area contributed by atoms with E-state index >= 15 is 0 Å². The molecule has 0 spiro atoms. The van der Waals surface area contributed by atoms with Gasteiger partial charge in [0.05, 0.1) is 18.0 Å². The maximum Gasteiger partial charge on any atom is 0.267 e. The van der Waals surface area contributed by atoms with Gasteiger partial charge in [-0.3, -0.25) is 4.55 Å². The molecule has 1 N–H and O–H groups in total. The molecule has 0 aliphatic carbocycles. The first-order chi connectivity index (χ1) is 4.84. The fourth-order valence-corrected chi connectivity index (χ4v) is 0.0962. The molecule has 1 rings (SSSR count). The van der Waals surface area contributed by atoms with Gasteiger partial charge in [0.2, 0.25) is 0 Å². The number of rotatable bonds is 1. The molecule has 5 heteroatoms. The van der Waals surface area contributed by atoms with Crippen LogP contribution in [0.25, 0.3) is 0 Å². The van der Waals surface area contributed by atoms with Crippen molar-refractivity contribution in [3.05, 3.63) is 0 Å². The lowest BCUT2D eigenvalue weighted by atomic mass is 10.6. The van der Waals surface area contributed by atoms with Crippen molar-refractivity contribution >= 4 is 10.1 Å². The molecule has 0 aromatic heterocycles. The maximum atomic E-state index is 9.89. The van der Waals surface area contributed by atoms with Gasteiger partial charge in [0.1, 0.15) is 0 Å². The highest BCUT2D eigenvalue weighted by molar-refractivity contribution is 7.86. The summed E-state index contributed by atoms with van der Waals surface area (Å²) in [6.07, 6.45) is 0.583. The second kappa shape index (κ2) is 4.04. The molecule has 1 saturated heterocycles. The second-order valence-corrected chi connectivity index (χ2v) is 4.68. The van der Waals surface area contributed by atoms with Crippen LogP contribution in [0.2, 0.25) is 0 Å². The monoisotopic (exact) mass is 182 g/mol. The molecule has 1 atom stereocenters. The summed E-state index contributed by atoms with van der Waals surface area (Å²) in [5.41, 5.74) is 0. The van der Waals surface area contributed by atoms with Gasteiger partial charge in [0.15, 0.2) is 0 Å². The summed E-state index contributed by atoms with van der Waals surface area (Å²) in [6, 6.07) is 0. The predicted octanol–water partition coefficient (Wildman–Crippen LogP) is 0.688. The van der Waals surface area contributed by atoms with Crippen molar-refractivity contribution in [2.24, 2.45) is 0 Å². The van der Waals surface area contributed by atoms with Gasteiger partial charge in [-0.1, -0.05) is 0 Å². The minimum Gasteiger partial charge on any atom is -0.373 e. The molecule has 0 radical (unpaired) electrons. The topological polar surface area (TPSA) is 66.9 Å². The van der Waals surface area contributed by atoms with Crippen molar-refractivity contribution in [2.45, 2.75) is 32.1 Å². The smallest absolute Gasteiger partial charge is 0.267 e. The maximum absolute atomic E-state index is 9.89. The predicted molar refractivity (Wildman–Crippen MR) is 42.1 cm³/mol. The largest absolute Gasteiger partial charge is 0.373 e. The fraction of sp³-hybridized carbons (Fsp3) is 1.00. The average molecular weight is 182 g/mol. The van der Waals surface area contributed by atoms with E-state index in [1.807, 2.05) is 0 Å². The van der Waals surface area contributed by atoms with Crippen LogP contribution in [0.5, 0.6) is 0 Å². The van der Waals surface area contributed by atoms with Crippen molar-refractivity contribution in [1.29, 1.82) is 0 Å². The van der Waals surface area contributed by atoms with Crippen LogP contribution < -0.4 is 0 Å². The lowest BCUT2D eigenvalue weighted by Gasteiger charge is -1.94. The number of epoxide rings is 1. The third-order valence-electron chi connectivity index (χ3n) is 1.10. The van der Waals surface area contributed by atoms with Crippen LogP contribution >= 0.6 is 0 Å². The summed E-state index contributed by atoms with van der Waals surface area (Å²) in [7, 11) is -3.74. The molecule has 0 aromatic rings. The van der Waals surface area contributed by atoms with E-state index in [1.165, 1.54) is 13.8 Å². The summed E-state index contributed by atoms with van der Waals surface area (Å²) in [5, 5.41) is -0.674. The van der Waals surface area contributed by atoms with E-state index in [1.54, 1.807) is 0 Å². The Morgan fingerprint density at radius 1 is 1.55 bits per heavy atom. The molecule has 1 unspecified atom stereocenters. The molecule has 1 aliphatic heterocycles. The van der Waals surface area contributed by atoms with Crippen LogP contribution in [0.4, 0.5) is 0 Å². The summed E-state index contributed by atoms with van der Waals surface area (Å²) < 4.78 is 32.5. The number of hydrogen-bond donors (Lipinski definition) is 1. The molecule has 0 amide bonds. The Balaban J connectivity index is 0.000000207. The Hall–Kier alpha value is -0.130. The van der Waals surface area contributed by atoms with Crippen LogP contribution in [0.3, 0.4) is 0 Å². The van der Waals surface area contributed by atoms with E-state index in [0.29, 0.717) is 6.10 Å². The van der Waals surface area contributed by atoms with Gasteiger partial charge in [-0.05, 0) is 20.8 Å². The lowest BCUT2D eigenvalue weighted by molar-refractivity contribution is 0.423. The van der Waals surface area contributed by atoms with Gasteiger partial charge in [-0.25, -0.2) is 0 Å². The number of ether oxygens (including phenoxy) is 1. The molecular weight excluding hydrogens is 168 g/mol. The van der Waals surface area contributed by atoms with Gasteiger partial charge in [-0.2, -0.15) is 8.42 Å². The molecular formula is C6H14O4S. The molecule has 68 valence electrons. The normalized spacial score (nSPS) is 22.5. The van der Waals surface area contributed by atoms with E-state index in [2.05, 4.69) is 6.92 Å². The first-order valence-electron chi connectivity index (χ1n) is 3.42. The van der Waals surface area contributed by atoms with Gasteiger partial charge in [0.25, 0.3) is 10.1 Å². The highest BCUT2D eigenvalue weighted by atomic mass is 32.2. The molecule has 0 saturated carbocycles. The van der Waals surface area contributed by atoms with Crippen LogP contribution in [0.1, 0.15) is 20.8 Å². The van der Waals surface area contributed by atoms with E-state index in [0.717, 1.165) is 6.61 Å². The van der Waals surface area contributed by atoms with Crippen LogP contribution in [0, 0.1) is 0 Å². The van der Waals surface area contributed by atoms with Crippen LogP contribution in [-0.4, -0.2) is 30.9 Å². The highest BCUT2D eigenvalue weighted by Gasteiger charge is 2.13. The standard InChI is InChI=1S/C3H8O3S.C3H6O/c1-3(2)7(4,5)6;1-3-2-4-3/h3H,1-2H3,(H,4,5,6);3H,2H2,1H3. The van der Waals surface area contributed by atoms with Crippen molar-refractivity contribution < 1.29 is 17.7 Å². The molecule has 4 nitrogen and oxygen atoms in total. The van der Waals surface area contributed by atoms with E-state index in [-0.39, 0.29) is 0 Å².